The Kier molecular flexibility index (Phi) is 9.25. The van der Waals surface area contributed by atoms with Gasteiger partial charge in [-0.2, -0.15) is 0 Å². The number of amides is 1. The van der Waals surface area contributed by atoms with Gasteiger partial charge in [0.25, 0.3) is 8.32 Å². The molecule has 1 atom stereocenters. The molecule has 0 unspecified atom stereocenters. The van der Waals surface area contributed by atoms with Crippen LogP contribution >= 0.6 is 15.9 Å². The first kappa shape index (κ1) is 28.3. The van der Waals surface area contributed by atoms with Gasteiger partial charge in [0.1, 0.15) is 17.4 Å². The molecule has 0 heterocycles. The van der Waals surface area contributed by atoms with Gasteiger partial charge in [-0.15, -0.1) is 0 Å². The van der Waals surface area contributed by atoms with E-state index in [2.05, 4.69) is 55.1 Å². The second-order valence-corrected chi connectivity index (χ2v) is 15.8. The highest BCUT2D eigenvalue weighted by Gasteiger charge is 2.40. The van der Waals surface area contributed by atoms with E-state index in [0.29, 0.717) is 11.5 Å². The van der Waals surface area contributed by atoms with Crippen molar-refractivity contribution in [2.45, 2.75) is 84.7 Å². The van der Waals surface area contributed by atoms with Crippen LogP contribution in [0.25, 0.3) is 0 Å². The molecule has 1 aromatic rings. The standard InChI is InChI=1S/C23H38BrNO6Si/c1-14-18(24)15(12-16(20(26)29-9)25-21(27)30-22(2,3)4)13-17(19(14)28-8)31-32(10,11)23(5,6)7/h13,16H,12H2,1-11H3,(H,25,27)/t16-/m0/s1. The molecule has 1 amide bonds. The summed E-state index contributed by atoms with van der Waals surface area (Å²) in [6, 6.07) is 0.933. The SMILES string of the molecule is COC(=O)[C@H](Cc1cc(O[Si](C)(C)C(C)(C)C)c(OC)c(C)c1Br)NC(=O)OC(C)(C)C. The van der Waals surface area contributed by atoms with Gasteiger partial charge in [-0.05, 0) is 57.5 Å². The highest BCUT2D eigenvalue weighted by atomic mass is 79.9. The summed E-state index contributed by atoms with van der Waals surface area (Å²) in [4.78, 5) is 24.7. The summed E-state index contributed by atoms with van der Waals surface area (Å²) in [6.45, 7) is 18.0. The van der Waals surface area contributed by atoms with Crippen molar-refractivity contribution in [2.24, 2.45) is 0 Å². The number of hydrogen-bond donors (Lipinski definition) is 1. The first-order valence-corrected chi connectivity index (χ1v) is 14.3. The van der Waals surface area contributed by atoms with Crippen LogP contribution in [0.2, 0.25) is 18.1 Å². The molecule has 1 rings (SSSR count). The summed E-state index contributed by atoms with van der Waals surface area (Å²) in [5.41, 5.74) is 0.940. The zero-order chi connectivity index (χ0) is 25.1. The smallest absolute Gasteiger partial charge is 0.408 e. The Hall–Kier alpha value is -1.74. The average molecular weight is 533 g/mol. The van der Waals surface area contributed by atoms with Crippen LogP contribution in [0.3, 0.4) is 0 Å². The number of hydrogen-bond acceptors (Lipinski definition) is 6. The largest absolute Gasteiger partial charge is 0.541 e. The molecule has 1 aromatic carbocycles. The highest BCUT2D eigenvalue weighted by Crippen LogP contribution is 2.44. The maximum absolute atomic E-state index is 12.4. The fourth-order valence-corrected chi connectivity index (χ4v) is 4.19. The van der Waals surface area contributed by atoms with E-state index < -0.39 is 32.0 Å². The topological polar surface area (TPSA) is 83.1 Å². The van der Waals surface area contributed by atoms with E-state index in [-0.39, 0.29) is 11.5 Å². The normalized spacial score (nSPS) is 13.2. The Morgan fingerprint density at radius 2 is 1.69 bits per heavy atom. The summed E-state index contributed by atoms with van der Waals surface area (Å²) in [5, 5.41) is 2.61. The minimum Gasteiger partial charge on any atom is -0.541 e. The third-order valence-corrected chi connectivity index (χ3v) is 10.9. The Morgan fingerprint density at radius 3 is 2.12 bits per heavy atom. The summed E-state index contributed by atoms with van der Waals surface area (Å²) in [5.74, 6) is 0.693. The Balaban J connectivity index is 3.38. The number of carbonyl (C=O) groups excluding carboxylic acids is 2. The summed E-state index contributed by atoms with van der Waals surface area (Å²) >= 11 is 3.62. The molecule has 0 aliphatic heterocycles. The van der Waals surface area contributed by atoms with E-state index in [1.54, 1.807) is 27.9 Å². The van der Waals surface area contributed by atoms with Crippen molar-refractivity contribution in [3.8, 4) is 11.5 Å². The van der Waals surface area contributed by atoms with Crippen LogP contribution in [-0.4, -0.2) is 46.2 Å². The summed E-state index contributed by atoms with van der Waals surface area (Å²) < 4.78 is 23.2. The van der Waals surface area contributed by atoms with Crippen molar-refractivity contribution in [1.82, 2.24) is 5.32 Å². The lowest BCUT2D eigenvalue weighted by molar-refractivity contribution is -0.143. The molecule has 7 nitrogen and oxygen atoms in total. The van der Waals surface area contributed by atoms with Crippen LogP contribution in [0, 0.1) is 6.92 Å². The Labute approximate surface area is 201 Å². The monoisotopic (exact) mass is 531 g/mol. The molecule has 0 saturated carbocycles. The lowest BCUT2D eigenvalue weighted by atomic mass is 10.0. The van der Waals surface area contributed by atoms with Crippen LogP contribution in [0.1, 0.15) is 52.7 Å². The number of rotatable bonds is 7. The maximum atomic E-state index is 12.4. The molecule has 0 aliphatic carbocycles. The van der Waals surface area contributed by atoms with Gasteiger partial charge in [0.2, 0.25) is 0 Å². The molecule has 182 valence electrons. The predicted molar refractivity (Wildman–Crippen MR) is 132 cm³/mol. The Bertz CT molecular complexity index is 842. The zero-order valence-electron chi connectivity index (χ0n) is 21.2. The minimum absolute atomic E-state index is 0.00796. The van der Waals surface area contributed by atoms with Crippen molar-refractivity contribution in [3.05, 3.63) is 21.7 Å². The molecule has 0 bridgehead atoms. The zero-order valence-corrected chi connectivity index (χ0v) is 23.8. The molecule has 9 heteroatoms. The number of nitrogens with one attached hydrogen (secondary N) is 1. The van der Waals surface area contributed by atoms with Crippen molar-refractivity contribution < 1.29 is 28.2 Å². The number of ether oxygens (including phenoxy) is 3. The van der Waals surface area contributed by atoms with Gasteiger partial charge in [0.15, 0.2) is 5.75 Å². The molecule has 0 saturated heterocycles. The van der Waals surface area contributed by atoms with E-state index in [9.17, 15) is 9.59 Å². The molecular formula is C23H38BrNO6Si. The van der Waals surface area contributed by atoms with Crippen molar-refractivity contribution in [3.63, 3.8) is 0 Å². The lowest BCUT2D eigenvalue weighted by Gasteiger charge is -2.37. The van der Waals surface area contributed by atoms with Gasteiger partial charge in [-0.3, -0.25) is 0 Å². The third kappa shape index (κ3) is 7.40. The van der Waals surface area contributed by atoms with Crippen molar-refractivity contribution >= 4 is 36.3 Å². The molecule has 0 aromatic heterocycles. The van der Waals surface area contributed by atoms with Gasteiger partial charge in [0, 0.05) is 16.5 Å². The number of carbonyl (C=O) groups is 2. The van der Waals surface area contributed by atoms with Crippen LogP contribution in [-0.2, 0) is 20.7 Å². The van der Waals surface area contributed by atoms with Crippen molar-refractivity contribution in [1.29, 1.82) is 0 Å². The van der Waals surface area contributed by atoms with Crippen molar-refractivity contribution in [2.75, 3.05) is 14.2 Å². The number of benzene rings is 1. The van der Waals surface area contributed by atoms with E-state index in [4.69, 9.17) is 18.6 Å². The van der Waals surface area contributed by atoms with Gasteiger partial charge in [-0.25, -0.2) is 9.59 Å². The van der Waals surface area contributed by atoms with Gasteiger partial charge in [-0.1, -0.05) is 36.7 Å². The molecule has 0 spiro atoms. The molecule has 0 radical (unpaired) electrons. The van der Waals surface area contributed by atoms with E-state index in [1.165, 1.54) is 7.11 Å². The van der Waals surface area contributed by atoms with E-state index in [0.717, 1.165) is 15.6 Å². The molecule has 32 heavy (non-hydrogen) atoms. The fourth-order valence-electron chi connectivity index (χ4n) is 2.72. The van der Waals surface area contributed by atoms with E-state index >= 15 is 0 Å². The lowest BCUT2D eigenvalue weighted by Crippen LogP contribution is -2.45. The average Bonchev–Trinajstić information content (AvgIpc) is 2.62. The number of esters is 1. The van der Waals surface area contributed by atoms with Crippen LogP contribution in [0.4, 0.5) is 4.79 Å². The van der Waals surface area contributed by atoms with Crippen LogP contribution < -0.4 is 14.5 Å². The number of halogens is 1. The third-order valence-electron chi connectivity index (χ3n) is 5.46. The van der Waals surface area contributed by atoms with Gasteiger partial charge in [0.05, 0.1) is 14.2 Å². The fraction of sp³-hybridized carbons (Fsp3) is 0.652. The molecule has 0 aliphatic rings. The Morgan fingerprint density at radius 1 is 1.12 bits per heavy atom. The quantitative estimate of drug-likeness (QED) is 0.355. The maximum Gasteiger partial charge on any atom is 0.408 e. The predicted octanol–water partition coefficient (Wildman–Crippen LogP) is 5.76. The summed E-state index contributed by atoms with van der Waals surface area (Å²) in [7, 11) is 0.735. The van der Waals surface area contributed by atoms with Crippen LogP contribution in [0.15, 0.2) is 10.5 Å². The van der Waals surface area contributed by atoms with Crippen LogP contribution in [0.5, 0.6) is 11.5 Å². The number of methoxy groups -OCH3 is 2. The first-order valence-electron chi connectivity index (χ1n) is 10.6. The van der Waals surface area contributed by atoms with Gasteiger partial charge < -0.3 is 24.0 Å². The van der Waals surface area contributed by atoms with E-state index in [1.807, 2.05) is 13.0 Å². The second kappa shape index (κ2) is 10.5. The highest BCUT2D eigenvalue weighted by molar-refractivity contribution is 9.10. The number of alkyl carbamates (subject to hydrolysis) is 1. The minimum atomic E-state index is -2.15. The molecular weight excluding hydrogens is 494 g/mol. The molecule has 0 fully saturated rings. The summed E-state index contributed by atoms with van der Waals surface area (Å²) in [6.07, 6.45) is -0.502. The molecule has 1 N–H and O–H groups in total. The second-order valence-electron chi connectivity index (χ2n) is 10.3. The van der Waals surface area contributed by atoms with Gasteiger partial charge >= 0.3 is 12.1 Å². The first-order chi connectivity index (χ1) is 14.4.